The van der Waals surface area contributed by atoms with Gasteiger partial charge in [-0.3, -0.25) is 4.79 Å². The van der Waals surface area contributed by atoms with Gasteiger partial charge in [-0.15, -0.1) is 11.8 Å². The van der Waals surface area contributed by atoms with Crippen LogP contribution in [0.1, 0.15) is 67.9 Å². The Morgan fingerprint density at radius 2 is 1.83 bits per heavy atom. The van der Waals surface area contributed by atoms with Crippen molar-refractivity contribution in [2.45, 2.75) is 65.2 Å². The number of hydrogen-bond acceptors (Lipinski definition) is 4. The first-order valence-corrected chi connectivity index (χ1v) is 9.88. The number of ketones is 1. The first-order chi connectivity index (χ1) is 11.4. The van der Waals surface area contributed by atoms with Gasteiger partial charge < -0.3 is 4.74 Å². The molecule has 4 heteroatoms. The summed E-state index contributed by atoms with van der Waals surface area (Å²) in [6.07, 6.45) is 5.00. The van der Waals surface area contributed by atoms with E-state index >= 15 is 0 Å². The van der Waals surface area contributed by atoms with Gasteiger partial charge in [0, 0.05) is 16.2 Å². The minimum Gasteiger partial charge on any atom is -0.460 e. The minimum absolute atomic E-state index is 0.215. The first-order valence-electron chi connectivity index (χ1n) is 8.89. The Kier molecular flexibility index (Phi) is 9.12. The molecule has 0 heterocycles. The van der Waals surface area contributed by atoms with Crippen LogP contribution in [-0.4, -0.2) is 24.1 Å². The summed E-state index contributed by atoms with van der Waals surface area (Å²) in [6.45, 7) is 10.3. The van der Waals surface area contributed by atoms with E-state index in [1.54, 1.807) is 6.92 Å². The monoisotopic (exact) mass is 350 g/mol. The Balaban J connectivity index is 2.83. The smallest absolute Gasteiger partial charge is 0.379 e. The predicted molar refractivity (Wildman–Crippen MR) is 101 cm³/mol. The van der Waals surface area contributed by atoms with Gasteiger partial charge in [-0.1, -0.05) is 33.1 Å². The lowest BCUT2D eigenvalue weighted by atomic mass is 10.0. The number of unbranched alkanes of at least 4 members (excludes halogenated alkanes) is 1. The average molecular weight is 351 g/mol. The number of hydrogen-bond donors (Lipinski definition) is 0. The number of carbonyl (C=O) groups is 2. The number of aryl methyl sites for hydroxylation is 2. The first kappa shape index (κ1) is 20.8. The van der Waals surface area contributed by atoms with Crippen molar-refractivity contribution >= 4 is 23.5 Å². The number of benzene rings is 1. The van der Waals surface area contributed by atoms with Crippen molar-refractivity contribution in [3.05, 3.63) is 28.8 Å². The standard InChI is InChI=1S/C20H30O3S/c1-6-9-10-16(7-2)13-24-18-12-14(4)17(11-15(18)5)19(21)20(22)23-8-3/h11-12,16H,6-10,13H2,1-5H3. The van der Waals surface area contributed by atoms with Crippen LogP contribution in [0.3, 0.4) is 0 Å². The predicted octanol–water partition coefficient (Wildman–Crippen LogP) is 5.36. The number of rotatable bonds is 10. The van der Waals surface area contributed by atoms with E-state index < -0.39 is 11.8 Å². The minimum atomic E-state index is -0.772. The summed E-state index contributed by atoms with van der Waals surface area (Å²) in [4.78, 5) is 25.0. The molecule has 0 aromatic heterocycles. The van der Waals surface area contributed by atoms with Crippen molar-refractivity contribution in [2.24, 2.45) is 5.92 Å². The molecular formula is C20H30O3S. The fraction of sp³-hybridized carbons (Fsp3) is 0.600. The molecule has 0 spiro atoms. The van der Waals surface area contributed by atoms with Crippen molar-refractivity contribution in [1.82, 2.24) is 0 Å². The van der Waals surface area contributed by atoms with Crippen molar-refractivity contribution in [3.8, 4) is 0 Å². The second kappa shape index (κ2) is 10.5. The topological polar surface area (TPSA) is 43.4 Å². The molecule has 0 saturated carbocycles. The highest BCUT2D eigenvalue weighted by atomic mass is 32.2. The van der Waals surface area contributed by atoms with Gasteiger partial charge in [0.05, 0.1) is 6.61 Å². The molecule has 0 radical (unpaired) electrons. The van der Waals surface area contributed by atoms with Crippen molar-refractivity contribution in [3.63, 3.8) is 0 Å². The van der Waals surface area contributed by atoms with E-state index in [1.807, 2.05) is 37.7 Å². The fourth-order valence-corrected chi connectivity index (χ4v) is 3.97. The Labute approximate surface area is 150 Å². The number of ether oxygens (including phenoxy) is 1. The quantitative estimate of drug-likeness (QED) is 0.247. The molecule has 0 amide bonds. The van der Waals surface area contributed by atoms with E-state index in [9.17, 15) is 9.59 Å². The normalized spacial score (nSPS) is 12.0. The third-order valence-electron chi connectivity index (χ3n) is 4.25. The highest BCUT2D eigenvalue weighted by Crippen LogP contribution is 2.30. The van der Waals surface area contributed by atoms with Crippen LogP contribution >= 0.6 is 11.8 Å². The lowest BCUT2D eigenvalue weighted by Crippen LogP contribution is -2.18. The third kappa shape index (κ3) is 5.97. The van der Waals surface area contributed by atoms with Gasteiger partial charge in [-0.2, -0.15) is 0 Å². The Bertz CT molecular complexity index is 566. The molecule has 1 aromatic rings. The number of esters is 1. The van der Waals surface area contributed by atoms with Crippen LogP contribution in [0.15, 0.2) is 17.0 Å². The maximum absolute atomic E-state index is 12.2. The van der Waals surface area contributed by atoms with Crippen LogP contribution in [0, 0.1) is 19.8 Å². The third-order valence-corrected chi connectivity index (χ3v) is 5.63. The largest absolute Gasteiger partial charge is 0.460 e. The van der Waals surface area contributed by atoms with Gasteiger partial charge in [0.15, 0.2) is 0 Å². The van der Waals surface area contributed by atoms with Gasteiger partial charge in [0.1, 0.15) is 0 Å². The summed E-state index contributed by atoms with van der Waals surface area (Å²) in [7, 11) is 0. The molecule has 0 saturated heterocycles. The Morgan fingerprint density at radius 1 is 1.12 bits per heavy atom. The zero-order chi connectivity index (χ0) is 18.1. The molecule has 1 unspecified atom stereocenters. The highest BCUT2D eigenvalue weighted by molar-refractivity contribution is 7.99. The summed E-state index contributed by atoms with van der Waals surface area (Å²) >= 11 is 1.86. The van der Waals surface area contributed by atoms with Crippen molar-refractivity contribution in [1.29, 1.82) is 0 Å². The van der Waals surface area contributed by atoms with Gasteiger partial charge in [0.2, 0.25) is 0 Å². The van der Waals surface area contributed by atoms with E-state index in [0.717, 1.165) is 22.8 Å². The second-order valence-corrected chi connectivity index (χ2v) is 7.27. The van der Waals surface area contributed by atoms with Crippen LogP contribution in [-0.2, 0) is 9.53 Å². The number of thioether (sulfide) groups is 1. The molecule has 134 valence electrons. The van der Waals surface area contributed by atoms with Crippen LogP contribution in [0.2, 0.25) is 0 Å². The van der Waals surface area contributed by atoms with E-state index in [2.05, 4.69) is 13.8 Å². The van der Waals surface area contributed by atoms with Gasteiger partial charge >= 0.3 is 5.97 Å². The average Bonchev–Trinajstić information content (AvgIpc) is 2.57. The fourth-order valence-electron chi connectivity index (χ4n) is 2.60. The molecule has 24 heavy (non-hydrogen) atoms. The lowest BCUT2D eigenvalue weighted by Gasteiger charge is -2.16. The van der Waals surface area contributed by atoms with E-state index in [4.69, 9.17) is 4.74 Å². The Morgan fingerprint density at radius 3 is 2.42 bits per heavy atom. The molecule has 1 aromatic carbocycles. The molecule has 0 N–H and O–H groups in total. The maximum Gasteiger partial charge on any atom is 0.379 e. The molecule has 1 rings (SSSR count). The van der Waals surface area contributed by atoms with Gasteiger partial charge in [0.25, 0.3) is 5.78 Å². The zero-order valence-electron chi connectivity index (χ0n) is 15.6. The summed E-state index contributed by atoms with van der Waals surface area (Å²) in [5, 5.41) is 0. The molecular weight excluding hydrogens is 320 g/mol. The SMILES string of the molecule is CCCCC(CC)CSc1cc(C)c(C(=O)C(=O)OCC)cc1C. The van der Waals surface area contributed by atoms with Crippen LogP contribution < -0.4 is 0 Å². The second-order valence-electron chi connectivity index (χ2n) is 6.21. The van der Waals surface area contributed by atoms with Crippen molar-refractivity contribution in [2.75, 3.05) is 12.4 Å². The molecule has 1 atom stereocenters. The van der Waals surface area contributed by atoms with E-state index in [-0.39, 0.29) is 6.61 Å². The van der Waals surface area contributed by atoms with Gasteiger partial charge in [-0.05, 0) is 56.4 Å². The summed E-state index contributed by atoms with van der Waals surface area (Å²) in [5.74, 6) is 0.506. The number of carbonyl (C=O) groups excluding carboxylic acids is 2. The zero-order valence-corrected chi connectivity index (χ0v) is 16.4. The lowest BCUT2D eigenvalue weighted by molar-refractivity contribution is -0.137. The molecule has 0 aliphatic rings. The van der Waals surface area contributed by atoms with Crippen LogP contribution in [0.5, 0.6) is 0 Å². The molecule has 0 fully saturated rings. The molecule has 3 nitrogen and oxygen atoms in total. The van der Waals surface area contributed by atoms with Crippen molar-refractivity contribution < 1.29 is 14.3 Å². The summed E-state index contributed by atoms with van der Waals surface area (Å²) in [5.41, 5.74) is 2.33. The van der Waals surface area contributed by atoms with E-state index in [1.165, 1.54) is 30.6 Å². The van der Waals surface area contributed by atoms with Gasteiger partial charge in [-0.25, -0.2) is 4.79 Å². The number of Topliss-reactive ketones (excluding diaryl/α,β-unsaturated/α-hetero) is 1. The summed E-state index contributed by atoms with van der Waals surface area (Å²) < 4.78 is 4.82. The molecule has 0 aliphatic carbocycles. The van der Waals surface area contributed by atoms with E-state index in [0.29, 0.717) is 5.56 Å². The highest BCUT2D eigenvalue weighted by Gasteiger charge is 2.20. The van der Waals surface area contributed by atoms with Crippen LogP contribution in [0.25, 0.3) is 0 Å². The Hall–Kier alpha value is -1.29. The molecule has 0 bridgehead atoms. The summed E-state index contributed by atoms with van der Waals surface area (Å²) in [6, 6.07) is 3.85. The molecule has 0 aliphatic heterocycles. The van der Waals surface area contributed by atoms with Crippen LogP contribution in [0.4, 0.5) is 0 Å². The maximum atomic E-state index is 12.2.